The first kappa shape index (κ1) is 19.1. The second-order valence-corrected chi connectivity index (χ2v) is 6.40. The third-order valence-corrected chi connectivity index (χ3v) is 4.45. The van der Waals surface area contributed by atoms with Crippen molar-refractivity contribution in [2.45, 2.75) is 19.8 Å². The van der Waals surface area contributed by atoms with Gasteiger partial charge in [0.15, 0.2) is 5.78 Å². The molecule has 2 amide bonds. The Bertz CT molecular complexity index is 984. The van der Waals surface area contributed by atoms with E-state index in [4.69, 9.17) is 10.2 Å². The van der Waals surface area contributed by atoms with E-state index in [9.17, 15) is 14.4 Å². The van der Waals surface area contributed by atoms with Crippen LogP contribution in [0.3, 0.4) is 0 Å². The number of primary amides is 1. The molecule has 0 radical (unpaired) electrons. The lowest BCUT2D eigenvalue weighted by Gasteiger charge is -2.17. The smallest absolute Gasteiger partial charge is 0.255 e. The number of ketones is 1. The average Bonchev–Trinajstić information content (AvgIpc) is 3.00. The summed E-state index contributed by atoms with van der Waals surface area (Å²) in [6.45, 7) is 2.86. The van der Waals surface area contributed by atoms with Crippen LogP contribution in [0.15, 0.2) is 65.1 Å². The molecule has 0 aliphatic carbocycles. The van der Waals surface area contributed by atoms with E-state index >= 15 is 0 Å². The molecule has 0 aliphatic rings. The van der Waals surface area contributed by atoms with E-state index in [0.29, 0.717) is 0 Å². The molecule has 0 saturated carbocycles. The van der Waals surface area contributed by atoms with E-state index < -0.39 is 17.7 Å². The van der Waals surface area contributed by atoms with Gasteiger partial charge in [0.1, 0.15) is 11.3 Å². The van der Waals surface area contributed by atoms with Gasteiger partial charge in [0, 0.05) is 0 Å². The largest absolute Gasteiger partial charge is 0.444 e. The molecule has 0 bridgehead atoms. The van der Waals surface area contributed by atoms with Crippen molar-refractivity contribution in [3.05, 3.63) is 88.7 Å². The van der Waals surface area contributed by atoms with E-state index in [1.54, 1.807) is 6.92 Å². The van der Waals surface area contributed by atoms with Crippen LogP contribution in [0.4, 0.5) is 5.88 Å². The number of carbonyl (C=O) groups is 3. The van der Waals surface area contributed by atoms with Crippen molar-refractivity contribution in [3.63, 3.8) is 0 Å². The number of anilines is 1. The minimum atomic E-state index is -0.840. The van der Waals surface area contributed by atoms with E-state index in [0.717, 1.165) is 11.1 Å². The van der Waals surface area contributed by atoms with Crippen LogP contribution in [-0.2, 0) is 4.79 Å². The molecule has 1 heterocycles. The molecule has 0 fully saturated rings. The zero-order valence-electron chi connectivity index (χ0n) is 15.6. The van der Waals surface area contributed by atoms with Crippen molar-refractivity contribution in [2.24, 2.45) is 5.73 Å². The molecule has 6 heteroatoms. The van der Waals surface area contributed by atoms with Crippen molar-refractivity contribution in [1.82, 2.24) is 0 Å². The first-order valence-electron chi connectivity index (χ1n) is 8.75. The van der Waals surface area contributed by atoms with Gasteiger partial charge in [0.2, 0.25) is 11.8 Å². The number of amides is 2. The lowest BCUT2D eigenvalue weighted by Crippen LogP contribution is -2.24. The van der Waals surface area contributed by atoms with E-state index in [2.05, 4.69) is 5.32 Å². The van der Waals surface area contributed by atoms with Crippen LogP contribution in [0.1, 0.15) is 50.4 Å². The topological polar surface area (TPSA) is 102 Å². The number of nitrogens with one attached hydrogen (secondary N) is 1. The van der Waals surface area contributed by atoms with Crippen molar-refractivity contribution in [3.8, 4) is 0 Å². The molecule has 142 valence electrons. The fraction of sp³-hybridized carbons (Fsp3) is 0.136. The number of furan rings is 1. The molecule has 3 aromatic rings. The lowest BCUT2D eigenvalue weighted by molar-refractivity contribution is -0.116. The van der Waals surface area contributed by atoms with Crippen LogP contribution in [-0.4, -0.2) is 17.6 Å². The van der Waals surface area contributed by atoms with Gasteiger partial charge < -0.3 is 10.2 Å². The summed E-state index contributed by atoms with van der Waals surface area (Å²) in [5.41, 5.74) is 6.97. The van der Waals surface area contributed by atoms with Crippen molar-refractivity contribution in [2.75, 3.05) is 5.32 Å². The van der Waals surface area contributed by atoms with E-state index in [1.807, 2.05) is 60.7 Å². The Morgan fingerprint density at radius 1 is 0.893 bits per heavy atom. The SMILES string of the molecule is CC(=O)c1c(C)oc(NC(=O)C(c2ccccc2)c2ccccc2)c1C(N)=O. The fourth-order valence-corrected chi connectivity index (χ4v) is 3.26. The first-order chi connectivity index (χ1) is 13.4. The predicted molar refractivity (Wildman–Crippen MR) is 105 cm³/mol. The summed E-state index contributed by atoms with van der Waals surface area (Å²) in [6.07, 6.45) is 0. The predicted octanol–water partition coefficient (Wildman–Crippen LogP) is 3.66. The fourth-order valence-electron chi connectivity index (χ4n) is 3.26. The van der Waals surface area contributed by atoms with Gasteiger partial charge in [0.25, 0.3) is 5.91 Å². The molecule has 0 spiro atoms. The summed E-state index contributed by atoms with van der Waals surface area (Å²) in [5, 5.41) is 2.65. The zero-order valence-corrected chi connectivity index (χ0v) is 15.6. The lowest BCUT2D eigenvalue weighted by atomic mass is 9.90. The number of carbonyl (C=O) groups excluding carboxylic acids is 3. The Balaban J connectivity index is 2.04. The first-order valence-corrected chi connectivity index (χ1v) is 8.75. The summed E-state index contributed by atoms with van der Waals surface area (Å²) < 4.78 is 5.51. The highest BCUT2D eigenvalue weighted by atomic mass is 16.4. The highest BCUT2D eigenvalue weighted by molar-refractivity contribution is 6.12. The second kappa shape index (κ2) is 7.92. The Morgan fingerprint density at radius 3 is 1.82 bits per heavy atom. The molecular formula is C22H20N2O4. The Hall–Kier alpha value is -3.67. The average molecular weight is 376 g/mol. The molecule has 0 saturated heterocycles. The van der Waals surface area contributed by atoms with Gasteiger partial charge in [-0.2, -0.15) is 0 Å². The zero-order chi connectivity index (χ0) is 20.3. The van der Waals surface area contributed by atoms with Gasteiger partial charge in [-0.15, -0.1) is 0 Å². The number of Topliss-reactive ketones (excluding diaryl/α,β-unsaturated/α-hetero) is 1. The van der Waals surface area contributed by atoms with Crippen LogP contribution in [0.25, 0.3) is 0 Å². The maximum Gasteiger partial charge on any atom is 0.255 e. The third kappa shape index (κ3) is 3.71. The van der Waals surface area contributed by atoms with Crippen molar-refractivity contribution >= 4 is 23.5 Å². The standard InChI is InChI=1S/C22H20N2O4/c1-13(25)17-14(2)28-22(19(17)20(23)26)24-21(27)18(15-9-5-3-6-10-15)16-11-7-4-8-12-16/h3-12,18H,1-2H3,(H2,23,26)(H,24,27). The molecule has 0 atom stereocenters. The van der Waals surface area contributed by atoms with Crippen LogP contribution in [0.2, 0.25) is 0 Å². The van der Waals surface area contributed by atoms with Gasteiger partial charge in [0.05, 0.1) is 11.5 Å². The van der Waals surface area contributed by atoms with Gasteiger partial charge in [-0.1, -0.05) is 60.7 Å². The number of hydrogen-bond donors (Lipinski definition) is 2. The molecule has 6 nitrogen and oxygen atoms in total. The summed E-state index contributed by atoms with van der Waals surface area (Å²) in [5.74, 6) is -2.12. The quantitative estimate of drug-likeness (QED) is 0.641. The van der Waals surface area contributed by atoms with Gasteiger partial charge >= 0.3 is 0 Å². The van der Waals surface area contributed by atoms with Crippen molar-refractivity contribution < 1.29 is 18.8 Å². The molecule has 3 N–H and O–H groups in total. The van der Waals surface area contributed by atoms with Gasteiger partial charge in [-0.05, 0) is 25.0 Å². The van der Waals surface area contributed by atoms with Crippen LogP contribution in [0.5, 0.6) is 0 Å². The van der Waals surface area contributed by atoms with Gasteiger partial charge in [-0.3, -0.25) is 19.7 Å². The Kier molecular flexibility index (Phi) is 5.40. The second-order valence-electron chi connectivity index (χ2n) is 6.40. The number of aryl methyl sites for hydroxylation is 1. The molecule has 1 aromatic heterocycles. The molecular weight excluding hydrogens is 356 g/mol. The van der Waals surface area contributed by atoms with E-state index in [-0.39, 0.29) is 28.6 Å². The third-order valence-electron chi connectivity index (χ3n) is 4.45. The minimum Gasteiger partial charge on any atom is -0.444 e. The minimum absolute atomic E-state index is 0.0822. The number of hydrogen-bond acceptors (Lipinski definition) is 4. The highest BCUT2D eigenvalue weighted by Crippen LogP contribution is 2.30. The number of rotatable bonds is 6. The molecule has 0 unspecified atom stereocenters. The summed E-state index contributed by atoms with van der Waals surface area (Å²) in [6, 6.07) is 18.5. The Morgan fingerprint density at radius 2 is 1.39 bits per heavy atom. The maximum absolute atomic E-state index is 13.2. The molecule has 28 heavy (non-hydrogen) atoms. The van der Waals surface area contributed by atoms with Crippen LogP contribution >= 0.6 is 0 Å². The monoisotopic (exact) mass is 376 g/mol. The highest BCUT2D eigenvalue weighted by Gasteiger charge is 2.29. The molecule has 0 aliphatic heterocycles. The summed E-state index contributed by atoms with van der Waals surface area (Å²) >= 11 is 0. The Labute approximate surface area is 162 Å². The number of nitrogens with two attached hydrogens (primary N) is 1. The van der Waals surface area contributed by atoms with E-state index in [1.165, 1.54) is 6.92 Å². The molecule has 3 rings (SSSR count). The maximum atomic E-state index is 13.2. The molecule has 2 aromatic carbocycles. The van der Waals surface area contributed by atoms with Crippen LogP contribution in [0, 0.1) is 6.92 Å². The normalized spacial score (nSPS) is 10.7. The van der Waals surface area contributed by atoms with Gasteiger partial charge in [-0.25, -0.2) is 0 Å². The number of benzene rings is 2. The van der Waals surface area contributed by atoms with Crippen LogP contribution < -0.4 is 11.1 Å². The summed E-state index contributed by atoms with van der Waals surface area (Å²) in [4.78, 5) is 37.0. The summed E-state index contributed by atoms with van der Waals surface area (Å²) in [7, 11) is 0. The van der Waals surface area contributed by atoms with Crippen molar-refractivity contribution in [1.29, 1.82) is 0 Å².